The average molecular weight is 292 g/mol. The van der Waals surface area contributed by atoms with Crippen LogP contribution in [-0.4, -0.2) is 24.4 Å². The van der Waals surface area contributed by atoms with E-state index in [1.807, 2.05) is 27.7 Å². The van der Waals surface area contributed by atoms with Gasteiger partial charge in [0.05, 0.1) is 6.61 Å². The highest BCUT2D eigenvalue weighted by atomic mass is 79.9. The van der Waals surface area contributed by atoms with Gasteiger partial charge in [-0.15, -0.1) is 0 Å². The van der Waals surface area contributed by atoms with Crippen LogP contribution in [0.4, 0.5) is 0 Å². The Morgan fingerprint density at radius 1 is 1.44 bits per heavy atom. The maximum absolute atomic E-state index is 11.9. The van der Waals surface area contributed by atoms with E-state index in [0.717, 1.165) is 0 Å². The van der Waals surface area contributed by atoms with Crippen LogP contribution in [0.25, 0.3) is 0 Å². The number of carbonyl (C=O) groups is 1. The topological polar surface area (TPSA) is 47.6 Å². The minimum absolute atomic E-state index is 0.155. The molecule has 0 aromatic carbocycles. The second-order valence-corrected chi connectivity index (χ2v) is 5.50. The Hall–Kier alpha value is -0.390. The van der Waals surface area contributed by atoms with Crippen molar-refractivity contribution in [3.05, 3.63) is 11.2 Å². The molecule has 0 radical (unpaired) electrons. The Kier molecular flexibility index (Phi) is 4.15. The van der Waals surface area contributed by atoms with E-state index < -0.39 is 11.9 Å². The molecule has 1 atom stereocenters. The number of nitrogens with one attached hydrogen (secondary N) is 1. The molecular formula is C11H18BrNO3. The van der Waals surface area contributed by atoms with Crippen molar-refractivity contribution in [3.8, 4) is 0 Å². The highest BCUT2D eigenvalue weighted by Gasteiger charge is 2.45. The number of halogens is 1. The second-order valence-electron chi connectivity index (χ2n) is 4.98. The fourth-order valence-corrected chi connectivity index (χ4v) is 1.64. The zero-order chi connectivity index (χ0) is 12.4. The van der Waals surface area contributed by atoms with Crippen LogP contribution < -0.4 is 5.32 Å². The highest BCUT2D eigenvalue weighted by Crippen LogP contribution is 2.34. The number of ether oxygens (including phenoxy) is 2. The first kappa shape index (κ1) is 13.7. The summed E-state index contributed by atoms with van der Waals surface area (Å²) >= 11 is 3.09. The predicted molar refractivity (Wildman–Crippen MR) is 64.9 cm³/mol. The molecule has 4 nitrogen and oxygen atoms in total. The van der Waals surface area contributed by atoms with E-state index in [1.165, 1.54) is 6.20 Å². The van der Waals surface area contributed by atoms with Gasteiger partial charge in [0.1, 0.15) is 6.10 Å². The predicted octanol–water partition coefficient (Wildman–Crippen LogP) is 2.15. The summed E-state index contributed by atoms with van der Waals surface area (Å²) in [6, 6.07) is 0. The van der Waals surface area contributed by atoms with Gasteiger partial charge in [0.25, 0.3) is 5.91 Å². The third-order valence-electron chi connectivity index (χ3n) is 2.43. The Balaban J connectivity index is 2.77. The van der Waals surface area contributed by atoms with Crippen LogP contribution in [0.5, 0.6) is 0 Å². The van der Waals surface area contributed by atoms with Gasteiger partial charge in [-0.2, -0.15) is 0 Å². The first-order chi connectivity index (χ1) is 7.28. The largest absolute Gasteiger partial charge is 0.350 e. The lowest BCUT2D eigenvalue weighted by atomic mass is 9.85. The number of amides is 1. The van der Waals surface area contributed by atoms with Crippen molar-refractivity contribution in [1.29, 1.82) is 0 Å². The van der Waals surface area contributed by atoms with Crippen LogP contribution in [-0.2, 0) is 14.3 Å². The minimum atomic E-state index is -0.713. The fourth-order valence-electron chi connectivity index (χ4n) is 1.51. The summed E-state index contributed by atoms with van der Waals surface area (Å²) in [5.74, 6) is -0.868. The van der Waals surface area contributed by atoms with Gasteiger partial charge >= 0.3 is 0 Å². The molecule has 92 valence electrons. The molecule has 0 aromatic rings. The standard InChI is InChI=1S/C11H18BrNO3/c1-10(2)7-15-11(3,4)16-8(10)9(14)13-6-5-12/h5-6,8H,7H2,1-4H3,(H,13,14)/b6-5-. The fraction of sp³-hybridized carbons (Fsp3) is 0.727. The Labute approximate surface area is 104 Å². The molecule has 16 heavy (non-hydrogen) atoms. The summed E-state index contributed by atoms with van der Waals surface area (Å²) in [6.45, 7) is 8.01. The van der Waals surface area contributed by atoms with Gasteiger partial charge in [-0.3, -0.25) is 4.79 Å². The van der Waals surface area contributed by atoms with E-state index in [4.69, 9.17) is 9.47 Å². The second kappa shape index (κ2) is 4.85. The van der Waals surface area contributed by atoms with Crippen molar-refractivity contribution >= 4 is 21.8 Å². The van der Waals surface area contributed by atoms with Crippen LogP contribution in [0.1, 0.15) is 27.7 Å². The van der Waals surface area contributed by atoms with Gasteiger partial charge in [0.15, 0.2) is 5.79 Å². The molecule has 5 heteroatoms. The summed E-state index contributed by atoms with van der Waals surface area (Å²) in [7, 11) is 0. The maximum atomic E-state index is 11.9. The summed E-state index contributed by atoms with van der Waals surface area (Å²) in [5, 5.41) is 2.65. The number of rotatable bonds is 2. The average Bonchev–Trinajstić information content (AvgIpc) is 2.19. The summed E-state index contributed by atoms with van der Waals surface area (Å²) in [4.78, 5) is 13.5. The monoisotopic (exact) mass is 291 g/mol. The molecule has 0 bridgehead atoms. The molecule has 0 saturated carbocycles. The molecule has 0 aromatic heterocycles. The molecule has 0 aliphatic carbocycles. The molecule has 1 saturated heterocycles. The van der Waals surface area contributed by atoms with Crippen LogP contribution in [0.2, 0.25) is 0 Å². The van der Waals surface area contributed by atoms with Crippen molar-refractivity contribution in [2.45, 2.75) is 39.6 Å². The zero-order valence-corrected chi connectivity index (χ0v) is 11.6. The number of carbonyl (C=O) groups excluding carboxylic acids is 1. The third-order valence-corrected chi connectivity index (χ3v) is 2.69. The summed E-state index contributed by atoms with van der Waals surface area (Å²) in [6.07, 6.45) is 1.02. The van der Waals surface area contributed by atoms with Crippen molar-refractivity contribution < 1.29 is 14.3 Å². The molecule has 1 unspecified atom stereocenters. The van der Waals surface area contributed by atoms with E-state index in [2.05, 4.69) is 21.2 Å². The van der Waals surface area contributed by atoms with Crippen molar-refractivity contribution in [3.63, 3.8) is 0 Å². The molecule has 1 heterocycles. The highest BCUT2D eigenvalue weighted by molar-refractivity contribution is 9.11. The van der Waals surface area contributed by atoms with Gasteiger partial charge in [-0.05, 0) is 18.8 Å². The molecule has 1 N–H and O–H groups in total. The lowest BCUT2D eigenvalue weighted by Crippen LogP contribution is -2.55. The van der Waals surface area contributed by atoms with E-state index >= 15 is 0 Å². The van der Waals surface area contributed by atoms with E-state index in [-0.39, 0.29) is 11.3 Å². The smallest absolute Gasteiger partial charge is 0.253 e. The molecule has 1 fully saturated rings. The molecule has 1 rings (SSSR count). The van der Waals surface area contributed by atoms with E-state index in [1.54, 1.807) is 4.99 Å². The Morgan fingerprint density at radius 3 is 2.62 bits per heavy atom. The van der Waals surface area contributed by atoms with Crippen molar-refractivity contribution in [1.82, 2.24) is 5.32 Å². The molecule has 1 aliphatic heterocycles. The number of hydrogen-bond donors (Lipinski definition) is 1. The van der Waals surface area contributed by atoms with Crippen LogP contribution >= 0.6 is 15.9 Å². The van der Waals surface area contributed by atoms with Crippen LogP contribution in [0.15, 0.2) is 11.2 Å². The minimum Gasteiger partial charge on any atom is -0.350 e. The zero-order valence-electron chi connectivity index (χ0n) is 10.0. The van der Waals surface area contributed by atoms with Gasteiger partial charge in [0.2, 0.25) is 0 Å². The summed E-state index contributed by atoms with van der Waals surface area (Å²) < 4.78 is 11.2. The van der Waals surface area contributed by atoms with Crippen LogP contribution in [0, 0.1) is 5.41 Å². The van der Waals surface area contributed by atoms with Crippen molar-refractivity contribution in [2.75, 3.05) is 6.61 Å². The van der Waals surface area contributed by atoms with Crippen LogP contribution in [0.3, 0.4) is 0 Å². The normalized spacial score (nSPS) is 27.9. The van der Waals surface area contributed by atoms with Crippen molar-refractivity contribution in [2.24, 2.45) is 5.41 Å². The number of hydrogen-bond acceptors (Lipinski definition) is 3. The van der Waals surface area contributed by atoms with Gasteiger partial charge in [-0.25, -0.2) is 0 Å². The Morgan fingerprint density at radius 2 is 2.06 bits per heavy atom. The first-order valence-corrected chi connectivity index (χ1v) is 6.07. The Bertz CT molecular complexity index is 300. The van der Waals surface area contributed by atoms with E-state index in [0.29, 0.717) is 6.61 Å². The molecule has 0 spiro atoms. The van der Waals surface area contributed by atoms with E-state index in [9.17, 15) is 4.79 Å². The summed E-state index contributed by atoms with van der Waals surface area (Å²) in [5.41, 5.74) is -0.334. The molecular weight excluding hydrogens is 274 g/mol. The third kappa shape index (κ3) is 3.30. The van der Waals surface area contributed by atoms with Gasteiger partial charge in [-0.1, -0.05) is 29.8 Å². The van der Waals surface area contributed by atoms with Gasteiger partial charge in [0, 0.05) is 11.6 Å². The SMILES string of the molecule is CC1(C)OCC(C)(C)C(C(=O)N/C=C\Br)O1. The maximum Gasteiger partial charge on any atom is 0.253 e. The lowest BCUT2D eigenvalue weighted by molar-refractivity contribution is -0.303. The quantitative estimate of drug-likeness (QED) is 0.848. The molecule has 1 amide bonds. The first-order valence-electron chi connectivity index (χ1n) is 5.16. The van der Waals surface area contributed by atoms with Gasteiger partial charge < -0.3 is 14.8 Å². The molecule has 1 aliphatic rings. The lowest BCUT2D eigenvalue weighted by Gasteiger charge is -2.44.